The van der Waals surface area contributed by atoms with Crippen molar-refractivity contribution in [2.75, 3.05) is 0 Å². The van der Waals surface area contributed by atoms with E-state index in [0.29, 0.717) is 6.04 Å². The average molecular weight is 479 g/mol. The fourth-order valence-corrected chi connectivity index (χ4v) is 6.16. The zero-order valence-electron chi connectivity index (χ0n) is 19.7. The van der Waals surface area contributed by atoms with Gasteiger partial charge < -0.3 is 5.32 Å². The van der Waals surface area contributed by atoms with Gasteiger partial charge in [0, 0.05) is 23.7 Å². The van der Waals surface area contributed by atoms with Gasteiger partial charge in [-0.05, 0) is 61.4 Å². The minimum atomic E-state index is -4.51. The number of halogens is 3. The number of rotatable bonds is 6. The number of benzene rings is 3. The van der Waals surface area contributed by atoms with Crippen LogP contribution in [0.15, 0.2) is 78.9 Å². The van der Waals surface area contributed by atoms with Crippen LogP contribution in [0.3, 0.4) is 0 Å². The molecule has 3 aromatic carbocycles. The second-order valence-corrected chi connectivity index (χ2v) is 9.74. The molecule has 5 rings (SSSR count). The largest absolute Gasteiger partial charge is 0.416 e. The van der Waals surface area contributed by atoms with Crippen molar-refractivity contribution in [3.05, 3.63) is 107 Å². The molecule has 2 bridgehead atoms. The molecule has 35 heavy (non-hydrogen) atoms. The molecule has 0 saturated carbocycles. The maximum absolute atomic E-state index is 13.5. The van der Waals surface area contributed by atoms with E-state index in [4.69, 9.17) is 0 Å². The zero-order valence-corrected chi connectivity index (χ0v) is 19.7. The molecule has 6 heteroatoms. The number of fused-ring (bicyclic) bond motifs is 2. The van der Waals surface area contributed by atoms with E-state index in [2.05, 4.69) is 22.3 Å². The Morgan fingerprint density at radius 2 is 1.60 bits per heavy atom. The lowest BCUT2D eigenvalue weighted by Gasteiger charge is -2.42. The SMILES string of the molecule is Cc1c(C(=O)NC(c2ccccc2)C23CCC(CC2)N3Cc2ccccc2)cccc1C(F)(F)F. The highest BCUT2D eigenvalue weighted by Gasteiger charge is 2.56. The zero-order chi connectivity index (χ0) is 24.6. The molecule has 2 aliphatic heterocycles. The van der Waals surface area contributed by atoms with Gasteiger partial charge in [-0.2, -0.15) is 13.2 Å². The second kappa shape index (κ2) is 9.15. The predicted octanol–water partition coefficient (Wildman–Crippen LogP) is 6.68. The lowest BCUT2D eigenvalue weighted by Crippen LogP contribution is -2.52. The molecule has 2 fully saturated rings. The quantitative estimate of drug-likeness (QED) is 0.429. The van der Waals surface area contributed by atoms with Crippen LogP contribution in [0.5, 0.6) is 0 Å². The molecule has 2 heterocycles. The lowest BCUT2D eigenvalue weighted by atomic mass is 9.78. The number of hydrogen-bond acceptors (Lipinski definition) is 2. The third kappa shape index (κ3) is 4.36. The van der Waals surface area contributed by atoms with Gasteiger partial charge in [0.25, 0.3) is 5.91 Å². The van der Waals surface area contributed by atoms with Crippen molar-refractivity contribution < 1.29 is 18.0 Å². The number of alkyl halides is 3. The summed E-state index contributed by atoms with van der Waals surface area (Å²) in [6, 6.07) is 24.1. The normalized spacial score (nSPS) is 22.8. The van der Waals surface area contributed by atoms with E-state index in [1.54, 1.807) is 0 Å². The highest BCUT2D eigenvalue weighted by atomic mass is 19.4. The van der Waals surface area contributed by atoms with Crippen LogP contribution in [0.2, 0.25) is 0 Å². The van der Waals surface area contributed by atoms with E-state index < -0.39 is 17.6 Å². The van der Waals surface area contributed by atoms with Gasteiger partial charge in [0.2, 0.25) is 0 Å². The van der Waals surface area contributed by atoms with Gasteiger partial charge in [0.05, 0.1) is 11.6 Å². The molecule has 1 amide bonds. The summed E-state index contributed by atoms with van der Waals surface area (Å²) in [5.41, 5.74) is 1.17. The van der Waals surface area contributed by atoms with Crippen LogP contribution in [-0.2, 0) is 12.7 Å². The molecule has 2 aliphatic rings. The summed E-state index contributed by atoms with van der Waals surface area (Å²) >= 11 is 0. The highest BCUT2D eigenvalue weighted by molar-refractivity contribution is 5.96. The van der Waals surface area contributed by atoms with Crippen molar-refractivity contribution in [1.29, 1.82) is 0 Å². The molecule has 1 unspecified atom stereocenters. The minimum absolute atomic E-state index is 0.0429. The Kier molecular flexibility index (Phi) is 6.18. The van der Waals surface area contributed by atoms with Gasteiger partial charge in [0.1, 0.15) is 0 Å². The van der Waals surface area contributed by atoms with Crippen molar-refractivity contribution in [1.82, 2.24) is 10.2 Å². The standard InChI is InChI=1S/C29H29F3N2O/c1-20-24(13-8-14-25(20)29(30,31)32)27(35)33-26(22-11-6-3-7-12-22)28-17-15-23(16-18-28)34(28)19-21-9-4-2-5-10-21/h2-14,23,26H,15-19H2,1H3,(H,33,35). The van der Waals surface area contributed by atoms with Gasteiger partial charge >= 0.3 is 6.18 Å². The van der Waals surface area contributed by atoms with Crippen LogP contribution < -0.4 is 5.32 Å². The van der Waals surface area contributed by atoms with Crippen molar-refractivity contribution in [3.8, 4) is 0 Å². The summed E-state index contributed by atoms with van der Waals surface area (Å²) in [7, 11) is 0. The summed E-state index contributed by atoms with van der Waals surface area (Å²) in [6.07, 6.45) is -0.532. The molecule has 0 aromatic heterocycles. The number of nitrogens with one attached hydrogen (secondary N) is 1. The summed E-state index contributed by atoms with van der Waals surface area (Å²) in [6.45, 7) is 2.16. The molecule has 0 aliphatic carbocycles. The van der Waals surface area contributed by atoms with Crippen molar-refractivity contribution >= 4 is 5.91 Å². The smallest absolute Gasteiger partial charge is 0.343 e. The Balaban J connectivity index is 1.52. The summed E-state index contributed by atoms with van der Waals surface area (Å²) < 4.78 is 40.5. The molecule has 3 aromatic rings. The van der Waals surface area contributed by atoms with Crippen LogP contribution in [0, 0.1) is 6.92 Å². The number of carbonyl (C=O) groups is 1. The number of hydrogen-bond donors (Lipinski definition) is 1. The number of carbonyl (C=O) groups excluding carboxylic acids is 1. The van der Waals surface area contributed by atoms with E-state index in [0.717, 1.165) is 43.9 Å². The monoisotopic (exact) mass is 478 g/mol. The van der Waals surface area contributed by atoms with Crippen molar-refractivity contribution in [3.63, 3.8) is 0 Å². The summed E-state index contributed by atoms with van der Waals surface area (Å²) in [5.74, 6) is -0.466. The molecule has 0 radical (unpaired) electrons. The van der Waals surface area contributed by atoms with Gasteiger partial charge in [-0.25, -0.2) is 0 Å². The Hall–Kier alpha value is -3.12. The molecule has 1 atom stereocenters. The summed E-state index contributed by atoms with van der Waals surface area (Å²) in [5, 5.41) is 3.20. The Morgan fingerprint density at radius 1 is 0.971 bits per heavy atom. The van der Waals surface area contributed by atoms with Crippen molar-refractivity contribution in [2.45, 2.75) is 63.0 Å². The van der Waals surface area contributed by atoms with Crippen LogP contribution in [0.25, 0.3) is 0 Å². The Morgan fingerprint density at radius 3 is 2.23 bits per heavy atom. The van der Waals surface area contributed by atoms with Crippen LogP contribution >= 0.6 is 0 Å². The van der Waals surface area contributed by atoms with E-state index in [1.807, 2.05) is 48.5 Å². The van der Waals surface area contributed by atoms with Crippen LogP contribution in [0.1, 0.15) is 64.3 Å². The predicted molar refractivity (Wildman–Crippen MR) is 130 cm³/mol. The van der Waals surface area contributed by atoms with Gasteiger partial charge in [0.15, 0.2) is 0 Å². The fraction of sp³-hybridized carbons (Fsp3) is 0.345. The average Bonchev–Trinajstić information content (AvgIpc) is 3.37. The molecule has 1 N–H and O–H groups in total. The number of nitrogens with zero attached hydrogens (tertiary/aromatic N) is 1. The van der Waals surface area contributed by atoms with Crippen LogP contribution in [0.4, 0.5) is 13.2 Å². The van der Waals surface area contributed by atoms with E-state index in [9.17, 15) is 18.0 Å². The topological polar surface area (TPSA) is 32.3 Å². The maximum Gasteiger partial charge on any atom is 0.416 e. The third-order valence-corrected chi connectivity index (χ3v) is 7.86. The van der Waals surface area contributed by atoms with E-state index in [-0.39, 0.29) is 22.7 Å². The van der Waals surface area contributed by atoms with Gasteiger partial charge in [-0.15, -0.1) is 0 Å². The Labute approximate surface area is 204 Å². The second-order valence-electron chi connectivity index (χ2n) is 9.74. The molecular weight excluding hydrogens is 449 g/mol. The first-order valence-electron chi connectivity index (χ1n) is 12.1. The molecular formula is C29H29F3N2O. The third-order valence-electron chi connectivity index (χ3n) is 7.86. The molecule has 0 spiro atoms. The first-order valence-corrected chi connectivity index (χ1v) is 12.1. The van der Waals surface area contributed by atoms with E-state index in [1.165, 1.54) is 24.6 Å². The first kappa shape index (κ1) is 23.6. The molecule has 2 saturated heterocycles. The van der Waals surface area contributed by atoms with Gasteiger partial charge in [-0.1, -0.05) is 66.7 Å². The minimum Gasteiger partial charge on any atom is -0.343 e. The summed E-state index contributed by atoms with van der Waals surface area (Å²) in [4.78, 5) is 16.1. The molecule has 3 nitrogen and oxygen atoms in total. The number of amides is 1. The highest BCUT2D eigenvalue weighted by Crippen LogP contribution is 2.53. The lowest BCUT2D eigenvalue weighted by molar-refractivity contribution is -0.138. The van der Waals surface area contributed by atoms with Crippen LogP contribution in [-0.4, -0.2) is 22.4 Å². The first-order chi connectivity index (χ1) is 16.8. The van der Waals surface area contributed by atoms with Gasteiger partial charge in [-0.3, -0.25) is 9.69 Å². The maximum atomic E-state index is 13.5. The van der Waals surface area contributed by atoms with Crippen molar-refractivity contribution in [2.24, 2.45) is 0 Å². The Bertz CT molecular complexity index is 1190. The fourth-order valence-electron chi connectivity index (χ4n) is 6.16. The molecule has 182 valence electrons. The van der Waals surface area contributed by atoms with E-state index >= 15 is 0 Å².